The number of nitro groups is 1. The molecule has 0 amide bonds. The Hall–Kier alpha value is -4.28. The van der Waals surface area contributed by atoms with E-state index in [1.165, 1.54) is 6.07 Å². The maximum atomic E-state index is 10.9. The van der Waals surface area contributed by atoms with E-state index in [2.05, 4.69) is 25.6 Å². The number of hydrogen-bond acceptors (Lipinski definition) is 9. The lowest BCUT2D eigenvalue weighted by molar-refractivity contribution is -0.385. The molecular formula is C21H24N8O3. The average molecular weight is 436 g/mol. The number of ether oxygens (including phenoxy) is 1. The molecule has 4 rings (SSSR count). The lowest BCUT2D eigenvalue weighted by Crippen LogP contribution is -2.17. The number of nitrogens with zero attached hydrogens (tertiary/aromatic N) is 6. The monoisotopic (exact) mass is 436 g/mol. The summed E-state index contributed by atoms with van der Waals surface area (Å²) >= 11 is 0. The van der Waals surface area contributed by atoms with Crippen molar-refractivity contribution < 1.29 is 9.66 Å². The molecule has 0 atom stereocenters. The van der Waals surface area contributed by atoms with Crippen molar-refractivity contribution in [3.05, 3.63) is 64.7 Å². The number of imidazole rings is 1. The lowest BCUT2D eigenvalue weighted by Gasteiger charge is -2.11. The fourth-order valence-electron chi connectivity index (χ4n) is 3.06. The van der Waals surface area contributed by atoms with Gasteiger partial charge in [0.2, 0.25) is 11.8 Å². The van der Waals surface area contributed by atoms with Crippen molar-refractivity contribution >= 4 is 23.1 Å². The number of hydrogen-bond donors (Lipinski definition) is 2. The quantitative estimate of drug-likeness (QED) is 0.241. The van der Waals surface area contributed by atoms with Gasteiger partial charge in [-0.25, -0.2) is 19.9 Å². The zero-order chi connectivity index (χ0) is 21.8. The third-order valence-corrected chi connectivity index (χ3v) is 4.60. The molecule has 0 saturated heterocycles. The van der Waals surface area contributed by atoms with E-state index >= 15 is 0 Å². The molecule has 0 fully saturated rings. The first-order chi connectivity index (χ1) is 15.0. The number of nitrogens with one attached hydrogen (secondary N) is 2. The lowest BCUT2D eigenvalue weighted by atomic mass is 10.2. The minimum absolute atomic E-state index is 0. The highest BCUT2D eigenvalue weighted by atomic mass is 16.6. The van der Waals surface area contributed by atoms with E-state index in [0.29, 0.717) is 36.4 Å². The molecule has 0 aromatic carbocycles. The van der Waals surface area contributed by atoms with E-state index in [-0.39, 0.29) is 13.1 Å². The summed E-state index contributed by atoms with van der Waals surface area (Å²) in [6.07, 6.45) is 5.24. The summed E-state index contributed by atoms with van der Waals surface area (Å²) < 4.78 is 6.96. The van der Waals surface area contributed by atoms with Gasteiger partial charge < -0.3 is 15.4 Å². The third kappa shape index (κ3) is 4.72. The van der Waals surface area contributed by atoms with Crippen LogP contribution in [0.2, 0.25) is 0 Å². The van der Waals surface area contributed by atoms with Crippen LogP contribution in [0.1, 0.15) is 13.1 Å². The topological polar surface area (TPSA) is 132 Å². The van der Waals surface area contributed by atoms with Crippen LogP contribution in [0.5, 0.6) is 5.88 Å². The molecule has 0 bridgehead atoms. The molecule has 0 spiro atoms. The van der Waals surface area contributed by atoms with Crippen LogP contribution in [0.4, 0.5) is 17.5 Å². The average Bonchev–Trinajstić information content (AvgIpc) is 3.25. The highest BCUT2D eigenvalue weighted by Gasteiger charge is 2.12. The molecule has 2 N–H and O–H groups in total. The Labute approximate surface area is 184 Å². The zero-order valence-corrected chi connectivity index (χ0v) is 16.9. The van der Waals surface area contributed by atoms with Crippen molar-refractivity contribution in [2.24, 2.45) is 0 Å². The fourth-order valence-corrected chi connectivity index (χ4v) is 3.06. The predicted molar refractivity (Wildman–Crippen MR) is 122 cm³/mol. The molecule has 0 unspecified atom stereocenters. The van der Waals surface area contributed by atoms with Crippen molar-refractivity contribution in [2.45, 2.75) is 14.4 Å². The molecule has 4 aromatic rings. The number of fused-ring (bicyclic) bond motifs is 1. The Kier molecular flexibility index (Phi) is 6.78. The van der Waals surface area contributed by atoms with Crippen molar-refractivity contribution in [1.29, 1.82) is 0 Å². The first kappa shape index (κ1) is 22.4. The second-order valence-corrected chi connectivity index (χ2v) is 6.62. The van der Waals surface area contributed by atoms with Crippen molar-refractivity contribution in [1.82, 2.24) is 24.3 Å². The summed E-state index contributed by atoms with van der Waals surface area (Å²) in [5.74, 6) is 1.74. The zero-order valence-electron chi connectivity index (χ0n) is 16.9. The maximum Gasteiger partial charge on any atom is 0.290 e. The minimum atomic E-state index is -0.443. The summed E-state index contributed by atoms with van der Waals surface area (Å²) in [7, 11) is 1.57. The number of pyridine rings is 2. The third-order valence-electron chi connectivity index (χ3n) is 4.60. The van der Waals surface area contributed by atoms with Gasteiger partial charge in [0.15, 0.2) is 0 Å². The van der Waals surface area contributed by atoms with E-state index in [9.17, 15) is 10.1 Å². The van der Waals surface area contributed by atoms with Gasteiger partial charge in [-0.05, 0) is 19.1 Å². The minimum Gasteiger partial charge on any atom is -0.481 e. The van der Waals surface area contributed by atoms with E-state index in [1.54, 1.807) is 38.6 Å². The summed E-state index contributed by atoms with van der Waals surface area (Å²) in [5, 5.41) is 17.3. The molecule has 0 aliphatic rings. The second-order valence-electron chi connectivity index (χ2n) is 6.62. The first-order valence-corrected chi connectivity index (χ1v) is 9.49. The number of aryl methyl sites for hydroxylation is 1. The molecule has 0 saturated carbocycles. The smallest absolute Gasteiger partial charge is 0.290 e. The van der Waals surface area contributed by atoms with Gasteiger partial charge in [0.05, 0.1) is 17.7 Å². The SMILES string of the molecule is C.COc1ccc(-c2cc3nccn3c(NCCNc3ccc([N+](=O)[O-])c(C)n3)n2)cn1. The van der Waals surface area contributed by atoms with E-state index < -0.39 is 4.92 Å². The van der Waals surface area contributed by atoms with Crippen molar-refractivity contribution in [3.63, 3.8) is 0 Å². The maximum absolute atomic E-state index is 10.9. The number of aromatic nitrogens is 5. The van der Waals surface area contributed by atoms with Crippen LogP contribution in [0.3, 0.4) is 0 Å². The molecule has 11 nitrogen and oxygen atoms in total. The van der Waals surface area contributed by atoms with Gasteiger partial charge >= 0.3 is 0 Å². The van der Waals surface area contributed by atoms with Crippen LogP contribution in [-0.4, -0.2) is 49.5 Å². The van der Waals surface area contributed by atoms with Gasteiger partial charge in [-0.1, -0.05) is 7.43 Å². The summed E-state index contributed by atoms with van der Waals surface area (Å²) in [6.45, 7) is 2.69. The van der Waals surface area contributed by atoms with Crippen molar-refractivity contribution in [2.75, 3.05) is 30.8 Å². The summed E-state index contributed by atoms with van der Waals surface area (Å²) in [6, 6.07) is 8.59. The Bertz CT molecular complexity index is 1220. The normalized spacial score (nSPS) is 10.4. The first-order valence-electron chi connectivity index (χ1n) is 9.49. The largest absolute Gasteiger partial charge is 0.481 e. The molecule has 166 valence electrons. The molecular weight excluding hydrogens is 412 g/mol. The van der Waals surface area contributed by atoms with Crippen LogP contribution in [0.15, 0.2) is 48.9 Å². The standard InChI is InChI=1S/C20H20N8O3.CH4/c1-13-16(28(29)30)4-5-17(25-13)21-7-8-23-20-26-15(11-18-22-9-10-27(18)20)14-3-6-19(31-2)24-12-14;/h3-6,9-12H,7-8H2,1-2H3,(H,21,25)(H,23,26);1H4. The van der Waals surface area contributed by atoms with Gasteiger partial charge in [0, 0.05) is 55.4 Å². The van der Waals surface area contributed by atoms with Crippen LogP contribution < -0.4 is 15.4 Å². The summed E-state index contributed by atoms with van der Waals surface area (Å²) in [4.78, 5) is 28.0. The van der Waals surface area contributed by atoms with Crippen LogP contribution >= 0.6 is 0 Å². The molecule has 4 aromatic heterocycles. The highest BCUT2D eigenvalue weighted by molar-refractivity contribution is 5.65. The van der Waals surface area contributed by atoms with E-state index in [1.807, 2.05) is 22.7 Å². The van der Waals surface area contributed by atoms with Crippen LogP contribution in [0, 0.1) is 17.0 Å². The van der Waals surface area contributed by atoms with Crippen molar-refractivity contribution in [3.8, 4) is 17.1 Å². The van der Waals surface area contributed by atoms with Gasteiger partial charge in [0.1, 0.15) is 17.2 Å². The van der Waals surface area contributed by atoms with E-state index in [4.69, 9.17) is 9.72 Å². The van der Waals surface area contributed by atoms with Gasteiger partial charge in [-0.2, -0.15) is 0 Å². The number of anilines is 2. The molecule has 4 heterocycles. The molecule has 0 aliphatic heterocycles. The number of methoxy groups -OCH3 is 1. The van der Waals surface area contributed by atoms with Gasteiger partial charge in [-0.15, -0.1) is 0 Å². The van der Waals surface area contributed by atoms with Crippen LogP contribution in [0.25, 0.3) is 16.9 Å². The van der Waals surface area contributed by atoms with Gasteiger partial charge in [-0.3, -0.25) is 14.5 Å². The fraction of sp³-hybridized carbons (Fsp3) is 0.238. The second kappa shape index (κ2) is 9.69. The molecule has 0 radical (unpaired) electrons. The highest BCUT2D eigenvalue weighted by Crippen LogP contribution is 2.22. The van der Waals surface area contributed by atoms with Gasteiger partial charge in [0.25, 0.3) is 5.69 Å². The summed E-state index contributed by atoms with van der Waals surface area (Å²) in [5.41, 5.74) is 2.70. The molecule has 0 aliphatic carbocycles. The van der Waals surface area contributed by atoms with E-state index in [0.717, 1.165) is 16.9 Å². The molecule has 32 heavy (non-hydrogen) atoms. The predicted octanol–water partition coefficient (Wildman–Crippen LogP) is 3.57. The Morgan fingerprint density at radius 3 is 2.62 bits per heavy atom. The Morgan fingerprint density at radius 2 is 1.94 bits per heavy atom. The Morgan fingerprint density at radius 1 is 1.12 bits per heavy atom. The Balaban J connectivity index is 0.00000289. The molecule has 11 heteroatoms. The van der Waals surface area contributed by atoms with Crippen LogP contribution in [-0.2, 0) is 0 Å². The number of rotatable bonds is 8.